The molecule has 0 aliphatic carbocycles. The molecule has 26 heavy (non-hydrogen) atoms. The monoisotopic (exact) mass is 375 g/mol. The lowest BCUT2D eigenvalue weighted by Gasteiger charge is -2.19. The van der Waals surface area contributed by atoms with Crippen LogP contribution >= 0.6 is 0 Å². The molecule has 1 N–H and O–H groups in total. The molecule has 0 radical (unpaired) electrons. The normalized spacial score (nSPS) is 11.5. The molecule has 0 atom stereocenters. The number of aromatic carboxylic acids is 1. The third kappa shape index (κ3) is 2.93. The van der Waals surface area contributed by atoms with Crippen molar-refractivity contribution in [2.24, 2.45) is 0 Å². The molecule has 0 fully saturated rings. The highest BCUT2D eigenvalue weighted by molar-refractivity contribution is 7.92. The van der Waals surface area contributed by atoms with Crippen molar-refractivity contribution in [3.05, 3.63) is 70.3 Å². The van der Waals surface area contributed by atoms with Gasteiger partial charge in [0.25, 0.3) is 10.0 Å². The second-order valence-electron chi connectivity index (χ2n) is 5.48. The van der Waals surface area contributed by atoms with Crippen LogP contribution in [0, 0.1) is 5.82 Å². The maximum atomic E-state index is 13.0. The van der Waals surface area contributed by atoms with Crippen molar-refractivity contribution in [1.82, 2.24) is 4.98 Å². The number of pyridine rings is 1. The van der Waals surface area contributed by atoms with E-state index in [0.29, 0.717) is 0 Å². The first-order valence-electron chi connectivity index (χ1n) is 7.33. The number of aromatic nitrogens is 1. The van der Waals surface area contributed by atoms with Crippen LogP contribution in [0.25, 0.3) is 10.9 Å². The number of halogens is 1. The summed E-state index contributed by atoms with van der Waals surface area (Å²) in [5.74, 6) is -2.17. The molecule has 9 heteroatoms. The number of anilines is 1. The van der Waals surface area contributed by atoms with Gasteiger partial charge >= 0.3 is 0 Å². The van der Waals surface area contributed by atoms with Crippen molar-refractivity contribution < 1.29 is 22.7 Å². The van der Waals surface area contributed by atoms with E-state index >= 15 is 0 Å². The number of fused-ring (bicyclic) bond motifs is 1. The molecule has 0 aliphatic rings. The van der Waals surface area contributed by atoms with Crippen LogP contribution in [-0.2, 0) is 10.0 Å². The van der Waals surface area contributed by atoms with Gasteiger partial charge in [-0.25, -0.2) is 12.8 Å². The summed E-state index contributed by atoms with van der Waals surface area (Å²) >= 11 is 0. The number of H-pyrrole nitrogens is 1. The smallest absolute Gasteiger partial charge is 0.264 e. The van der Waals surface area contributed by atoms with E-state index in [1.165, 1.54) is 31.3 Å². The van der Waals surface area contributed by atoms with Crippen LogP contribution < -0.4 is 14.8 Å². The van der Waals surface area contributed by atoms with Gasteiger partial charge in [0.1, 0.15) is 5.82 Å². The number of benzene rings is 2. The van der Waals surface area contributed by atoms with Crippen LogP contribution in [0.2, 0.25) is 0 Å². The number of hydrogen-bond acceptors (Lipinski definition) is 5. The molecule has 0 amide bonds. The number of carboxylic acids is 1. The highest BCUT2D eigenvalue weighted by Gasteiger charge is 2.22. The minimum Gasteiger partial charge on any atom is -0.545 e. The van der Waals surface area contributed by atoms with Crippen LogP contribution in [0.3, 0.4) is 0 Å². The number of nitrogens with zero attached hydrogens (tertiary/aromatic N) is 1. The maximum absolute atomic E-state index is 13.0. The lowest BCUT2D eigenvalue weighted by atomic mass is 10.1. The molecule has 0 unspecified atom stereocenters. The Kier molecular flexibility index (Phi) is 4.25. The van der Waals surface area contributed by atoms with Crippen molar-refractivity contribution in [2.75, 3.05) is 11.4 Å². The summed E-state index contributed by atoms with van der Waals surface area (Å²) in [6.07, 6.45) is 0.999. The Bertz CT molecular complexity index is 1170. The molecule has 3 rings (SSSR count). The number of carbonyl (C=O) groups excluding carboxylic acids is 1. The van der Waals surface area contributed by atoms with E-state index in [9.17, 15) is 27.5 Å². The first-order chi connectivity index (χ1) is 12.2. The Hall–Kier alpha value is -3.20. The highest BCUT2D eigenvalue weighted by Crippen LogP contribution is 2.24. The van der Waals surface area contributed by atoms with Crippen LogP contribution in [-0.4, -0.2) is 26.4 Å². The molecule has 0 saturated carbocycles. The van der Waals surface area contributed by atoms with Crippen molar-refractivity contribution in [2.45, 2.75) is 4.90 Å². The van der Waals surface area contributed by atoms with Gasteiger partial charge in [-0.05, 0) is 42.5 Å². The van der Waals surface area contributed by atoms with Gasteiger partial charge in [-0.3, -0.25) is 9.10 Å². The zero-order chi connectivity index (χ0) is 19.1. The van der Waals surface area contributed by atoms with Gasteiger partial charge in [0.05, 0.1) is 22.1 Å². The number of nitrogens with one attached hydrogen (secondary N) is 1. The van der Waals surface area contributed by atoms with Gasteiger partial charge in [0, 0.05) is 24.1 Å². The SMILES string of the molecule is CN(c1ccc(F)cc1)S(=O)(=O)c1ccc2[nH]cc(C(=O)[O-])c(=O)c2c1. The predicted octanol–water partition coefficient (Wildman–Crippen LogP) is 0.856. The van der Waals surface area contributed by atoms with Gasteiger partial charge in [0.15, 0.2) is 5.43 Å². The third-order valence-electron chi connectivity index (χ3n) is 3.92. The van der Waals surface area contributed by atoms with Crippen molar-refractivity contribution >= 4 is 32.6 Å². The van der Waals surface area contributed by atoms with E-state index in [0.717, 1.165) is 28.7 Å². The van der Waals surface area contributed by atoms with E-state index < -0.39 is 32.8 Å². The Labute approximate surface area is 147 Å². The van der Waals surface area contributed by atoms with Crippen molar-refractivity contribution in [3.63, 3.8) is 0 Å². The van der Waals surface area contributed by atoms with Crippen LogP contribution in [0.1, 0.15) is 10.4 Å². The number of aromatic amines is 1. The summed E-state index contributed by atoms with van der Waals surface area (Å²) < 4.78 is 39.5. The van der Waals surface area contributed by atoms with Crippen LogP contribution in [0.15, 0.2) is 58.4 Å². The highest BCUT2D eigenvalue weighted by atomic mass is 32.2. The van der Waals surface area contributed by atoms with Crippen LogP contribution in [0.4, 0.5) is 10.1 Å². The number of rotatable bonds is 4. The summed E-state index contributed by atoms with van der Waals surface area (Å²) in [5.41, 5.74) is -0.938. The van der Waals surface area contributed by atoms with E-state index in [1.54, 1.807) is 0 Å². The summed E-state index contributed by atoms with van der Waals surface area (Å²) in [5, 5.41) is 10.9. The van der Waals surface area contributed by atoms with Gasteiger partial charge in [-0.2, -0.15) is 0 Å². The Balaban J connectivity index is 2.14. The van der Waals surface area contributed by atoms with E-state index in [2.05, 4.69) is 4.98 Å². The first kappa shape index (κ1) is 17.6. The number of carbonyl (C=O) groups is 1. The molecule has 0 spiro atoms. The second-order valence-corrected chi connectivity index (χ2v) is 7.44. The quantitative estimate of drug-likeness (QED) is 0.727. The Morgan fingerprint density at radius 3 is 2.42 bits per heavy atom. The molecule has 134 valence electrons. The van der Waals surface area contributed by atoms with Gasteiger partial charge in [0.2, 0.25) is 0 Å². The fraction of sp³-hybridized carbons (Fsp3) is 0.0588. The molecule has 7 nitrogen and oxygen atoms in total. The fourth-order valence-electron chi connectivity index (χ4n) is 2.46. The number of sulfonamides is 1. The summed E-state index contributed by atoms with van der Waals surface area (Å²) in [6.45, 7) is 0. The van der Waals surface area contributed by atoms with E-state index in [4.69, 9.17) is 0 Å². The number of hydrogen-bond donors (Lipinski definition) is 1. The first-order valence-corrected chi connectivity index (χ1v) is 8.77. The number of carboxylic acid groups (broad SMARTS) is 1. The van der Waals surface area contributed by atoms with Gasteiger partial charge in [-0.1, -0.05) is 0 Å². The minimum atomic E-state index is -4.05. The third-order valence-corrected chi connectivity index (χ3v) is 5.70. The standard InChI is InChI=1S/C17H13FN2O5S/c1-20(11-4-2-10(18)3-5-11)26(24,25)12-6-7-15-13(8-12)16(21)14(9-19-15)17(22)23/h2-9H,1H3,(H,19,21)(H,22,23)/p-1. The van der Waals surface area contributed by atoms with Gasteiger partial charge < -0.3 is 14.9 Å². The average molecular weight is 375 g/mol. The minimum absolute atomic E-state index is 0.0970. The molecule has 1 aromatic heterocycles. The van der Waals surface area contributed by atoms with Gasteiger partial charge in [-0.15, -0.1) is 0 Å². The zero-order valence-corrected chi connectivity index (χ0v) is 14.2. The lowest BCUT2D eigenvalue weighted by Crippen LogP contribution is -2.29. The second kappa shape index (κ2) is 6.26. The fourth-order valence-corrected chi connectivity index (χ4v) is 3.68. The zero-order valence-electron chi connectivity index (χ0n) is 13.4. The largest absolute Gasteiger partial charge is 0.545 e. The van der Waals surface area contributed by atoms with Crippen molar-refractivity contribution in [3.8, 4) is 0 Å². The molecule has 0 aliphatic heterocycles. The summed E-state index contributed by atoms with van der Waals surface area (Å²) in [6, 6.07) is 8.59. The summed E-state index contributed by atoms with van der Waals surface area (Å²) in [4.78, 5) is 25.6. The molecule has 0 saturated heterocycles. The molecule has 1 heterocycles. The van der Waals surface area contributed by atoms with Crippen molar-refractivity contribution in [1.29, 1.82) is 0 Å². The Morgan fingerprint density at radius 2 is 1.81 bits per heavy atom. The molecule has 2 aromatic carbocycles. The molecular weight excluding hydrogens is 363 g/mol. The molecule has 0 bridgehead atoms. The average Bonchev–Trinajstić information content (AvgIpc) is 2.61. The molecular formula is C17H12FN2O5S-. The Morgan fingerprint density at radius 1 is 1.15 bits per heavy atom. The maximum Gasteiger partial charge on any atom is 0.264 e. The predicted molar refractivity (Wildman–Crippen MR) is 90.9 cm³/mol. The van der Waals surface area contributed by atoms with E-state index in [-0.39, 0.29) is 21.5 Å². The van der Waals surface area contributed by atoms with E-state index in [1.807, 2.05) is 0 Å². The molecule has 3 aromatic rings. The summed E-state index contributed by atoms with van der Waals surface area (Å²) in [7, 11) is -2.76. The van der Waals surface area contributed by atoms with Crippen LogP contribution in [0.5, 0.6) is 0 Å². The topological polar surface area (TPSA) is 110 Å². The lowest BCUT2D eigenvalue weighted by molar-refractivity contribution is -0.255.